The molecule has 0 aliphatic rings. The van der Waals surface area contributed by atoms with Gasteiger partial charge in [-0.1, -0.05) is 17.7 Å². The Balaban J connectivity index is 2.15. The summed E-state index contributed by atoms with van der Waals surface area (Å²) < 4.78 is 5.14. The summed E-state index contributed by atoms with van der Waals surface area (Å²) in [5, 5.41) is 1.35. The van der Waals surface area contributed by atoms with Crippen molar-refractivity contribution in [3.63, 3.8) is 0 Å². The van der Waals surface area contributed by atoms with Crippen LogP contribution in [0.4, 0.5) is 0 Å². The summed E-state index contributed by atoms with van der Waals surface area (Å²) in [6.07, 6.45) is 3.96. The highest BCUT2D eigenvalue weighted by Crippen LogP contribution is 2.29. The van der Waals surface area contributed by atoms with Crippen molar-refractivity contribution in [1.82, 2.24) is 4.98 Å². The van der Waals surface area contributed by atoms with Gasteiger partial charge in [0.1, 0.15) is 6.26 Å². The van der Waals surface area contributed by atoms with Gasteiger partial charge >= 0.3 is 0 Å². The summed E-state index contributed by atoms with van der Waals surface area (Å²) in [7, 11) is 0. The van der Waals surface area contributed by atoms with Gasteiger partial charge in [-0.05, 0) is 42.4 Å². The Labute approximate surface area is 103 Å². The zero-order valence-electron chi connectivity index (χ0n) is 8.52. The van der Waals surface area contributed by atoms with E-state index in [9.17, 15) is 0 Å². The smallest absolute Gasteiger partial charge is 0.260 e. The van der Waals surface area contributed by atoms with Gasteiger partial charge in [0.15, 0.2) is 0 Å². The first kappa shape index (κ1) is 11.5. The molecule has 1 aromatic carbocycles. The number of oxazole rings is 1. The molecule has 0 fully saturated rings. The van der Waals surface area contributed by atoms with Crippen LogP contribution in [0.3, 0.4) is 0 Å². The summed E-state index contributed by atoms with van der Waals surface area (Å²) in [5.74, 6) is 0. The zero-order valence-corrected chi connectivity index (χ0v) is 10.1. The third-order valence-electron chi connectivity index (χ3n) is 2.05. The fourth-order valence-corrected chi connectivity index (χ4v) is 2.38. The first-order valence-electron chi connectivity index (χ1n) is 4.85. The molecule has 5 heteroatoms. The topological polar surface area (TPSA) is 52.0 Å². The fraction of sp³-hybridized carbons (Fsp3) is 0.182. The summed E-state index contributed by atoms with van der Waals surface area (Å²) in [6, 6.07) is 5.88. The van der Waals surface area contributed by atoms with E-state index in [0.29, 0.717) is 11.8 Å². The number of halogens is 1. The molecule has 16 heavy (non-hydrogen) atoms. The van der Waals surface area contributed by atoms with Crippen molar-refractivity contribution in [2.75, 3.05) is 6.54 Å². The molecule has 0 amide bonds. The quantitative estimate of drug-likeness (QED) is 0.911. The molecule has 0 aliphatic heterocycles. The maximum Gasteiger partial charge on any atom is 0.260 e. The van der Waals surface area contributed by atoms with Crippen molar-refractivity contribution in [1.29, 1.82) is 0 Å². The molecule has 0 saturated carbocycles. The van der Waals surface area contributed by atoms with Gasteiger partial charge in [-0.2, -0.15) is 0 Å². The van der Waals surface area contributed by atoms with Crippen LogP contribution in [0.5, 0.6) is 0 Å². The second-order valence-electron chi connectivity index (χ2n) is 3.19. The van der Waals surface area contributed by atoms with E-state index in [1.807, 2.05) is 18.2 Å². The molecule has 0 radical (unpaired) electrons. The number of nitrogens with two attached hydrogens (primary N) is 1. The van der Waals surface area contributed by atoms with E-state index in [1.54, 1.807) is 12.5 Å². The third-order valence-corrected chi connectivity index (χ3v) is 3.27. The Morgan fingerprint density at radius 3 is 2.94 bits per heavy atom. The standard InChI is InChI=1S/C11H11ClN2OS/c12-10-7-9(2-1-8(10)3-4-13)16-11-14-5-6-15-11/h1-2,5-7H,3-4,13H2. The highest BCUT2D eigenvalue weighted by atomic mass is 35.5. The van der Waals surface area contributed by atoms with Gasteiger partial charge in [0.05, 0.1) is 6.20 Å². The van der Waals surface area contributed by atoms with Gasteiger partial charge in [-0.25, -0.2) is 4.98 Å². The predicted octanol–water partition coefficient (Wildman–Crippen LogP) is 2.98. The van der Waals surface area contributed by atoms with Crippen LogP contribution >= 0.6 is 23.4 Å². The monoisotopic (exact) mass is 254 g/mol. The molecule has 84 valence electrons. The molecule has 0 spiro atoms. The average molecular weight is 255 g/mol. The number of benzene rings is 1. The summed E-state index contributed by atoms with van der Waals surface area (Å²) in [4.78, 5) is 5.04. The fourth-order valence-electron chi connectivity index (χ4n) is 1.31. The van der Waals surface area contributed by atoms with Gasteiger partial charge < -0.3 is 10.2 Å². The highest BCUT2D eigenvalue weighted by Gasteiger charge is 2.05. The van der Waals surface area contributed by atoms with Crippen molar-refractivity contribution in [3.05, 3.63) is 41.2 Å². The summed E-state index contributed by atoms with van der Waals surface area (Å²) in [5.41, 5.74) is 6.56. The minimum atomic E-state index is 0.603. The number of hydrogen-bond donors (Lipinski definition) is 1. The molecular formula is C11H11ClN2OS. The zero-order chi connectivity index (χ0) is 11.4. The molecule has 0 unspecified atom stereocenters. The molecule has 1 heterocycles. The lowest BCUT2D eigenvalue weighted by Gasteiger charge is -2.04. The molecular weight excluding hydrogens is 244 g/mol. The van der Waals surface area contributed by atoms with Gasteiger partial charge in [0.25, 0.3) is 5.22 Å². The Morgan fingerprint density at radius 1 is 1.44 bits per heavy atom. The molecule has 0 bridgehead atoms. The first-order chi connectivity index (χ1) is 7.79. The first-order valence-corrected chi connectivity index (χ1v) is 6.05. The lowest BCUT2D eigenvalue weighted by Crippen LogP contribution is -2.02. The maximum atomic E-state index is 6.13. The minimum absolute atomic E-state index is 0.603. The summed E-state index contributed by atoms with van der Waals surface area (Å²) >= 11 is 7.57. The normalized spacial score (nSPS) is 10.6. The Bertz CT molecular complexity index is 459. The largest absolute Gasteiger partial charge is 0.440 e. The molecule has 1 aromatic heterocycles. The SMILES string of the molecule is NCCc1ccc(Sc2ncco2)cc1Cl. The second-order valence-corrected chi connectivity index (χ2v) is 4.62. The van der Waals surface area contributed by atoms with Crippen LogP contribution in [-0.4, -0.2) is 11.5 Å². The van der Waals surface area contributed by atoms with E-state index >= 15 is 0 Å². The van der Waals surface area contributed by atoms with Crippen LogP contribution in [0.1, 0.15) is 5.56 Å². The lowest BCUT2D eigenvalue weighted by molar-refractivity contribution is 0.454. The van der Waals surface area contributed by atoms with Crippen molar-refractivity contribution in [3.8, 4) is 0 Å². The van der Waals surface area contributed by atoms with E-state index in [2.05, 4.69) is 4.98 Å². The molecule has 3 nitrogen and oxygen atoms in total. The van der Waals surface area contributed by atoms with Crippen molar-refractivity contribution < 1.29 is 4.42 Å². The van der Waals surface area contributed by atoms with Crippen LogP contribution < -0.4 is 5.73 Å². The molecule has 0 saturated heterocycles. The third kappa shape index (κ3) is 2.78. The maximum absolute atomic E-state index is 6.13. The summed E-state index contributed by atoms with van der Waals surface area (Å²) in [6.45, 7) is 0.603. The molecule has 2 rings (SSSR count). The van der Waals surface area contributed by atoms with Crippen LogP contribution in [0.2, 0.25) is 5.02 Å². The van der Waals surface area contributed by atoms with Crippen LogP contribution in [-0.2, 0) is 6.42 Å². The molecule has 0 aliphatic carbocycles. The van der Waals surface area contributed by atoms with Crippen LogP contribution in [0.25, 0.3) is 0 Å². The number of hydrogen-bond acceptors (Lipinski definition) is 4. The highest BCUT2D eigenvalue weighted by molar-refractivity contribution is 7.99. The van der Waals surface area contributed by atoms with Crippen LogP contribution in [0, 0.1) is 0 Å². The Morgan fingerprint density at radius 2 is 2.31 bits per heavy atom. The van der Waals surface area contributed by atoms with E-state index in [-0.39, 0.29) is 0 Å². The van der Waals surface area contributed by atoms with Crippen LogP contribution in [0.15, 0.2) is 45.2 Å². The predicted molar refractivity (Wildman–Crippen MR) is 64.8 cm³/mol. The molecule has 2 aromatic rings. The van der Waals surface area contributed by atoms with E-state index in [4.69, 9.17) is 21.8 Å². The minimum Gasteiger partial charge on any atom is -0.440 e. The van der Waals surface area contributed by atoms with Gasteiger partial charge in [0.2, 0.25) is 0 Å². The molecule has 0 atom stereocenters. The van der Waals surface area contributed by atoms with Gasteiger partial charge in [-0.15, -0.1) is 0 Å². The Hall–Kier alpha value is -0.970. The van der Waals surface area contributed by atoms with E-state index in [0.717, 1.165) is 21.9 Å². The van der Waals surface area contributed by atoms with Gasteiger partial charge in [0, 0.05) is 9.92 Å². The Kier molecular flexibility index (Phi) is 3.88. The lowest BCUT2D eigenvalue weighted by atomic mass is 10.1. The van der Waals surface area contributed by atoms with E-state index < -0.39 is 0 Å². The number of rotatable bonds is 4. The second kappa shape index (κ2) is 5.39. The number of aromatic nitrogens is 1. The van der Waals surface area contributed by atoms with Crippen molar-refractivity contribution >= 4 is 23.4 Å². The number of nitrogens with zero attached hydrogens (tertiary/aromatic N) is 1. The van der Waals surface area contributed by atoms with Crippen molar-refractivity contribution in [2.45, 2.75) is 16.5 Å². The van der Waals surface area contributed by atoms with Crippen molar-refractivity contribution in [2.24, 2.45) is 5.73 Å². The molecule has 2 N–H and O–H groups in total. The van der Waals surface area contributed by atoms with Gasteiger partial charge in [-0.3, -0.25) is 0 Å². The van der Waals surface area contributed by atoms with E-state index in [1.165, 1.54) is 11.8 Å². The average Bonchev–Trinajstić information content (AvgIpc) is 2.75.